The second-order valence-corrected chi connectivity index (χ2v) is 13.4. The lowest BCUT2D eigenvalue weighted by Crippen LogP contribution is -2.40. The van der Waals surface area contributed by atoms with Gasteiger partial charge in [-0.1, -0.05) is 54.6 Å². The van der Waals surface area contributed by atoms with Crippen LogP contribution in [0.2, 0.25) is 0 Å². The van der Waals surface area contributed by atoms with Crippen LogP contribution in [0.25, 0.3) is 22.0 Å². The van der Waals surface area contributed by atoms with Crippen LogP contribution in [-0.4, -0.2) is 78.2 Å². The molecule has 5 N–H and O–H groups in total. The Morgan fingerprint density at radius 1 is 1.00 bits per heavy atom. The van der Waals surface area contributed by atoms with Crippen molar-refractivity contribution < 1.29 is 34.0 Å². The Labute approximate surface area is 312 Å². The number of hydrogen-bond donors (Lipinski definition) is 5. The fourth-order valence-electron chi connectivity index (χ4n) is 7.05. The summed E-state index contributed by atoms with van der Waals surface area (Å²) in [6.45, 7) is 2.62. The molecule has 1 atom stereocenters. The molecule has 4 aromatic carbocycles. The summed E-state index contributed by atoms with van der Waals surface area (Å²) >= 11 is 0. The Kier molecular flexibility index (Phi) is 11.1. The normalized spacial score (nSPS) is 15.0. The van der Waals surface area contributed by atoms with Gasteiger partial charge >= 0.3 is 6.09 Å². The number of pyridine rings is 1. The third-order valence-corrected chi connectivity index (χ3v) is 9.92. The summed E-state index contributed by atoms with van der Waals surface area (Å²) in [6, 6.07) is 27.2. The number of aliphatic hydroxyl groups is 1. The van der Waals surface area contributed by atoms with Crippen LogP contribution in [0.5, 0.6) is 17.2 Å². The molecule has 2 aliphatic rings. The molecule has 1 fully saturated rings. The van der Waals surface area contributed by atoms with E-state index < -0.39 is 12.2 Å². The number of carbonyl (C=O) groups is 2. The number of nitrogens with zero attached hydrogens (tertiary/aromatic N) is 2. The maximum atomic E-state index is 13.4. The van der Waals surface area contributed by atoms with E-state index >= 15 is 0 Å². The van der Waals surface area contributed by atoms with Crippen molar-refractivity contribution in [3.05, 3.63) is 112 Å². The number of ether oxygens (including phenoxy) is 3. The van der Waals surface area contributed by atoms with Crippen LogP contribution in [0.3, 0.4) is 0 Å². The molecule has 0 aliphatic carbocycles. The quantitative estimate of drug-likeness (QED) is 0.110. The van der Waals surface area contributed by atoms with Gasteiger partial charge in [-0.3, -0.25) is 19.8 Å². The molecule has 5 aromatic rings. The number of benzene rings is 4. The minimum atomic E-state index is -0.921. The van der Waals surface area contributed by atoms with Crippen molar-refractivity contribution in [2.24, 2.45) is 0 Å². The van der Waals surface area contributed by atoms with Crippen molar-refractivity contribution in [3.8, 4) is 28.4 Å². The van der Waals surface area contributed by atoms with Crippen LogP contribution >= 0.6 is 0 Å². The molecule has 0 spiro atoms. The highest BCUT2D eigenvalue weighted by molar-refractivity contribution is 5.96. The van der Waals surface area contributed by atoms with Crippen molar-refractivity contribution in [2.45, 2.75) is 38.0 Å². The lowest BCUT2D eigenvalue weighted by atomic mass is 10.0. The Hall–Kier alpha value is -5.89. The van der Waals surface area contributed by atoms with Crippen molar-refractivity contribution >= 4 is 34.3 Å². The van der Waals surface area contributed by atoms with Gasteiger partial charge in [-0.25, -0.2) is 4.79 Å². The molecule has 1 aromatic heterocycles. The second-order valence-electron chi connectivity index (χ2n) is 13.4. The molecular weight excluding hydrogens is 690 g/mol. The fraction of sp³-hybridized carbons (Fsp3) is 0.293. The molecular formula is C41H43N5O8. The number of phenols is 1. The molecule has 0 unspecified atom stereocenters. The predicted molar refractivity (Wildman–Crippen MR) is 205 cm³/mol. The van der Waals surface area contributed by atoms with E-state index in [1.54, 1.807) is 30.2 Å². The summed E-state index contributed by atoms with van der Waals surface area (Å²) < 4.78 is 17.4. The van der Waals surface area contributed by atoms with Crippen molar-refractivity contribution in [2.75, 3.05) is 50.2 Å². The zero-order chi connectivity index (χ0) is 37.6. The van der Waals surface area contributed by atoms with E-state index in [9.17, 15) is 24.6 Å². The Balaban J connectivity index is 0.878. The average molecular weight is 734 g/mol. The molecule has 54 heavy (non-hydrogen) atoms. The molecule has 0 saturated carbocycles. The molecule has 2 amide bonds. The van der Waals surface area contributed by atoms with Crippen LogP contribution in [0.1, 0.15) is 36.5 Å². The summed E-state index contributed by atoms with van der Waals surface area (Å²) in [4.78, 5) is 44.4. The van der Waals surface area contributed by atoms with Gasteiger partial charge in [0.25, 0.3) is 0 Å². The summed E-state index contributed by atoms with van der Waals surface area (Å²) in [5.41, 5.74) is 4.54. The molecule has 1 saturated heterocycles. The second kappa shape index (κ2) is 16.4. The van der Waals surface area contributed by atoms with Gasteiger partial charge < -0.3 is 39.6 Å². The SMILES string of the molecule is COc1cc2c(cc1CNC[C@H](O)c1ccc(O)c3[nH]c(=O)ccc13)OCN2C(=O)CCN1CCC(OC(=O)Nc2ccccc2-c2ccccc2)CC1. The van der Waals surface area contributed by atoms with Crippen molar-refractivity contribution in [3.63, 3.8) is 0 Å². The highest BCUT2D eigenvalue weighted by atomic mass is 16.6. The summed E-state index contributed by atoms with van der Waals surface area (Å²) in [5, 5.41) is 27.8. The number of anilines is 2. The number of aromatic hydroxyl groups is 1. The number of likely N-dealkylation sites (tertiary alicyclic amines) is 1. The van der Waals surface area contributed by atoms with Gasteiger partial charge in [0.15, 0.2) is 6.73 Å². The van der Waals surface area contributed by atoms with Gasteiger partial charge in [0.2, 0.25) is 11.5 Å². The number of hydrogen-bond acceptors (Lipinski definition) is 10. The Morgan fingerprint density at radius 3 is 2.57 bits per heavy atom. The highest BCUT2D eigenvalue weighted by Crippen LogP contribution is 2.40. The molecule has 2 aliphatic heterocycles. The number of aliphatic hydroxyl groups excluding tert-OH is 1. The van der Waals surface area contributed by atoms with Crippen LogP contribution < -0.4 is 30.6 Å². The van der Waals surface area contributed by atoms with Gasteiger partial charge in [-0.2, -0.15) is 0 Å². The van der Waals surface area contributed by atoms with E-state index in [0.29, 0.717) is 79.3 Å². The first kappa shape index (κ1) is 36.5. The number of phenolic OH excluding ortho intramolecular Hbond substituents is 1. The molecule has 3 heterocycles. The predicted octanol–water partition coefficient (Wildman–Crippen LogP) is 5.52. The minimum Gasteiger partial charge on any atom is -0.506 e. The first-order valence-electron chi connectivity index (χ1n) is 18.0. The maximum Gasteiger partial charge on any atom is 0.411 e. The zero-order valence-electron chi connectivity index (χ0n) is 29.9. The van der Waals surface area contributed by atoms with Crippen molar-refractivity contribution in [1.29, 1.82) is 0 Å². The van der Waals surface area contributed by atoms with E-state index in [-0.39, 0.29) is 42.1 Å². The number of H-pyrrole nitrogens is 1. The van der Waals surface area contributed by atoms with E-state index in [4.69, 9.17) is 14.2 Å². The van der Waals surface area contributed by atoms with Crippen LogP contribution in [0, 0.1) is 0 Å². The first-order valence-corrected chi connectivity index (χ1v) is 18.0. The number of carbonyl (C=O) groups excluding carboxylic acids is 2. The number of fused-ring (bicyclic) bond motifs is 2. The van der Waals surface area contributed by atoms with Crippen LogP contribution in [0.15, 0.2) is 95.8 Å². The number of para-hydroxylation sites is 1. The summed E-state index contributed by atoms with van der Waals surface area (Å²) in [6.07, 6.45) is 0.0426. The third kappa shape index (κ3) is 8.18. The maximum absolute atomic E-state index is 13.4. The molecule has 0 bridgehead atoms. The highest BCUT2D eigenvalue weighted by Gasteiger charge is 2.29. The lowest BCUT2D eigenvalue weighted by Gasteiger charge is -2.31. The van der Waals surface area contributed by atoms with Gasteiger partial charge in [-0.15, -0.1) is 0 Å². The molecule has 13 nitrogen and oxygen atoms in total. The summed E-state index contributed by atoms with van der Waals surface area (Å²) in [5.74, 6) is 0.999. The molecule has 7 rings (SSSR count). The van der Waals surface area contributed by atoms with E-state index in [0.717, 1.165) is 16.7 Å². The molecule has 13 heteroatoms. The topological polar surface area (TPSA) is 166 Å². The molecule has 0 radical (unpaired) electrons. The van der Waals surface area contributed by atoms with Crippen LogP contribution in [0.4, 0.5) is 16.2 Å². The van der Waals surface area contributed by atoms with Crippen LogP contribution in [-0.2, 0) is 16.1 Å². The first-order chi connectivity index (χ1) is 26.3. The van der Waals surface area contributed by atoms with Gasteiger partial charge in [0.05, 0.1) is 30.1 Å². The van der Waals surface area contributed by atoms with Gasteiger partial charge in [0.1, 0.15) is 23.4 Å². The number of piperidine rings is 1. The average Bonchev–Trinajstić information content (AvgIpc) is 3.61. The zero-order valence-corrected chi connectivity index (χ0v) is 29.9. The summed E-state index contributed by atoms with van der Waals surface area (Å²) in [7, 11) is 1.56. The monoisotopic (exact) mass is 733 g/mol. The minimum absolute atomic E-state index is 0.0675. The number of methoxy groups -OCH3 is 1. The number of amides is 2. The van der Waals surface area contributed by atoms with Crippen molar-refractivity contribution in [1.82, 2.24) is 15.2 Å². The molecule has 280 valence electrons. The Morgan fingerprint density at radius 2 is 1.78 bits per heavy atom. The number of nitrogens with one attached hydrogen (secondary N) is 3. The number of aromatic nitrogens is 1. The number of rotatable bonds is 12. The standard InChI is InChI=1S/C41H43N5O8/c1-52-36-22-33-37(21-27(36)23-42-24-35(48)30-11-13-34(47)40-31(30)12-14-38(49)44-40)53-25-46(33)39(50)17-20-45-18-15-28(16-19-45)54-41(51)43-32-10-6-5-9-29(32)26-7-3-2-4-8-26/h2-14,21-22,28,35,42,47-48H,15-20,23-25H2,1H3,(H,43,51)(H,44,49)/t35-/m0/s1. The van der Waals surface area contributed by atoms with E-state index in [1.807, 2.05) is 60.7 Å². The van der Waals surface area contributed by atoms with E-state index in [2.05, 4.69) is 20.5 Å². The largest absolute Gasteiger partial charge is 0.506 e. The van der Waals surface area contributed by atoms with Gasteiger partial charge in [0, 0.05) is 67.8 Å². The smallest absolute Gasteiger partial charge is 0.411 e. The van der Waals surface area contributed by atoms with E-state index in [1.165, 1.54) is 12.1 Å². The van der Waals surface area contributed by atoms with Gasteiger partial charge in [-0.05, 0) is 48.2 Å². The lowest BCUT2D eigenvalue weighted by molar-refractivity contribution is -0.119. The fourth-order valence-corrected chi connectivity index (χ4v) is 7.05. The number of aromatic amines is 1. The third-order valence-electron chi connectivity index (χ3n) is 9.92. The Bertz CT molecular complexity index is 2180.